The molecule has 8 heteroatoms. The first-order chi connectivity index (χ1) is 14.0. The molecule has 0 spiro atoms. The van der Waals surface area contributed by atoms with Crippen molar-refractivity contribution in [3.8, 4) is 17.2 Å². The molecule has 0 atom stereocenters. The van der Waals surface area contributed by atoms with Gasteiger partial charge in [-0.25, -0.2) is 4.68 Å². The van der Waals surface area contributed by atoms with Crippen LogP contribution in [0.3, 0.4) is 0 Å². The minimum Gasteiger partial charge on any atom is -0.471 e. The van der Waals surface area contributed by atoms with Crippen molar-refractivity contribution in [2.45, 2.75) is 27.1 Å². The number of halogens is 1. The lowest BCUT2D eigenvalue weighted by molar-refractivity contribution is 0.0943. The number of ether oxygens (including phenoxy) is 3. The molecule has 0 bridgehead atoms. The second kappa shape index (κ2) is 8.05. The third-order valence-electron chi connectivity index (χ3n) is 4.54. The van der Waals surface area contributed by atoms with Gasteiger partial charge in [0.2, 0.25) is 6.79 Å². The minimum atomic E-state index is -0.264. The van der Waals surface area contributed by atoms with Crippen molar-refractivity contribution in [2.75, 3.05) is 6.79 Å². The predicted molar refractivity (Wildman–Crippen MR) is 108 cm³/mol. The second-order valence-corrected chi connectivity index (χ2v) is 7.13. The van der Waals surface area contributed by atoms with Crippen molar-refractivity contribution in [1.29, 1.82) is 0 Å². The Morgan fingerprint density at radius 1 is 1.17 bits per heavy atom. The van der Waals surface area contributed by atoms with Gasteiger partial charge in [-0.1, -0.05) is 17.7 Å². The van der Waals surface area contributed by atoms with Crippen LogP contribution in [0.15, 0.2) is 42.6 Å². The molecule has 1 aromatic heterocycles. The van der Waals surface area contributed by atoms with Crippen LogP contribution >= 0.6 is 11.6 Å². The number of amides is 1. The molecule has 4 rings (SSSR count). The van der Waals surface area contributed by atoms with Crippen LogP contribution in [0, 0.1) is 13.8 Å². The van der Waals surface area contributed by atoms with Crippen LogP contribution in [0.2, 0.25) is 5.02 Å². The van der Waals surface area contributed by atoms with Gasteiger partial charge in [-0.3, -0.25) is 4.79 Å². The Bertz CT molecular complexity index is 1040. The first-order valence-corrected chi connectivity index (χ1v) is 9.47. The zero-order valence-electron chi connectivity index (χ0n) is 16.1. The van der Waals surface area contributed by atoms with Gasteiger partial charge in [-0.2, -0.15) is 5.10 Å². The SMILES string of the molecule is Cc1cc(OCn2ccc(C(=O)NCc3ccc4c(c3)OCO4)n2)cc(C)c1Cl. The number of carbonyl (C=O) groups excluding carboxylic acids is 1. The summed E-state index contributed by atoms with van der Waals surface area (Å²) in [6, 6.07) is 11.0. The monoisotopic (exact) mass is 413 g/mol. The molecule has 2 heterocycles. The summed E-state index contributed by atoms with van der Waals surface area (Å²) in [6.07, 6.45) is 1.70. The fourth-order valence-electron chi connectivity index (χ4n) is 3.01. The molecule has 2 aromatic carbocycles. The van der Waals surface area contributed by atoms with Crippen LogP contribution in [0.4, 0.5) is 0 Å². The van der Waals surface area contributed by atoms with E-state index in [1.807, 2.05) is 44.2 Å². The van der Waals surface area contributed by atoms with Gasteiger partial charge in [-0.15, -0.1) is 0 Å². The minimum absolute atomic E-state index is 0.190. The highest BCUT2D eigenvalue weighted by Gasteiger charge is 2.14. The summed E-state index contributed by atoms with van der Waals surface area (Å²) in [7, 11) is 0. The normalized spacial score (nSPS) is 12.1. The van der Waals surface area contributed by atoms with Gasteiger partial charge >= 0.3 is 0 Å². The molecular formula is C21H20ClN3O4. The molecule has 7 nitrogen and oxygen atoms in total. The number of rotatable bonds is 6. The molecular weight excluding hydrogens is 394 g/mol. The van der Waals surface area contributed by atoms with Crippen LogP contribution in [-0.2, 0) is 13.3 Å². The van der Waals surface area contributed by atoms with Gasteiger partial charge < -0.3 is 19.5 Å². The number of carbonyl (C=O) groups is 1. The number of aryl methyl sites for hydroxylation is 2. The van der Waals surface area contributed by atoms with Crippen molar-refractivity contribution in [2.24, 2.45) is 0 Å². The van der Waals surface area contributed by atoms with Gasteiger partial charge in [0.25, 0.3) is 5.91 Å². The number of nitrogens with zero attached hydrogens (tertiary/aromatic N) is 2. The summed E-state index contributed by atoms with van der Waals surface area (Å²) in [5.74, 6) is 1.84. The molecule has 0 unspecified atom stereocenters. The van der Waals surface area contributed by atoms with Crippen molar-refractivity contribution in [3.63, 3.8) is 0 Å². The van der Waals surface area contributed by atoms with E-state index in [9.17, 15) is 4.79 Å². The second-order valence-electron chi connectivity index (χ2n) is 6.76. The first-order valence-electron chi connectivity index (χ1n) is 9.09. The summed E-state index contributed by atoms with van der Waals surface area (Å²) < 4.78 is 18.0. The van der Waals surface area contributed by atoms with Crippen molar-refractivity contribution in [3.05, 3.63) is 70.0 Å². The summed E-state index contributed by atoms with van der Waals surface area (Å²) >= 11 is 6.18. The lowest BCUT2D eigenvalue weighted by Crippen LogP contribution is -2.23. The van der Waals surface area contributed by atoms with Gasteiger partial charge in [0.1, 0.15) is 11.4 Å². The highest BCUT2D eigenvalue weighted by atomic mass is 35.5. The Balaban J connectivity index is 1.33. The van der Waals surface area contributed by atoms with E-state index in [1.54, 1.807) is 16.9 Å². The summed E-state index contributed by atoms with van der Waals surface area (Å²) in [6.45, 7) is 4.63. The van der Waals surface area contributed by atoms with Crippen LogP contribution < -0.4 is 19.5 Å². The zero-order chi connectivity index (χ0) is 20.4. The Kier molecular flexibility index (Phi) is 5.31. The zero-order valence-corrected chi connectivity index (χ0v) is 16.8. The van der Waals surface area contributed by atoms with E-state index in [-0.39, 0.29) is 19.4 Å². The molecule has 1 N–H and O–H groups in total. The maximum Gasteiger partial charge on any atom is 0.272 e. The molecule has 1 aliphatic rings. The molecule has 29 heavy (non-hydrogen) atoms. The van der Waals surface area contributed by atoms with Gasteiger partial charge in [0.15, 0.2) is 18.2 Å². The third kappa shape index (κ3) is 4.30. The Morgan fingerprint density at radius 3 is 2.72 bits per heavy atom. The number of nitrogens with one attached hydrogen (secondary N) is 1. The highest BCUT2D eigenvalue weighted by molar-refractivity contribution is 6.32. The van der Waals surface area contributed by atoms with Gasteiger partial charge in [-0.05, 0) is 60.9 Å². The molecule has 3 aromatic rings. The Morgan fingerprint density at radius 2 is 1.93 bits per heavy atom. The van der Waals surface area contributed by atoms with Crippen LogP contribution in [0.1, 0.15) is 27.2 Å². The number of aromatic nitrogens is 2. The molecule has 0 fully saturated rings. The largest absolute Gasteiger partial charge is 0.471 e. The molecule has 0 aliphatic carbocycles. The maximum absolute atomic E-state index is 12.4. The number of hydrogen-bond donors (Lipinski definition) is 1. The van der Waals surface area contributed by atoms with E-state index in [0.29, 0.717) is 29.5 Å². The average Bonchev–Trinajstić information content (AvgIpc) is 3.37. The fraction of sp³-hybridized carbons (Fsp3) is 0.238. The fourth-order valence-corrected chi connectivity index (χ4v) is 3.12. The average molecular weight is 414 g/mol. The van der Waals surface area contributed by atoms with Gasteiger partial charge in [0.05, 0.1) is 0 Å². The number of fused-ring (bicyclic) bond motifs is 1. The van der Waals surface area contributed by atoms with Crippen molar-refractivity contribution in [1.82, 2.24) is 15.1 Å². The van der Waals surface area contributed by atoms with E-state index < -0.39 is 0 Å². The summed E-state index contributed by atoms with van der Waals surface area (Å²) in [4.78, 5) is 12.4. The number of hydrogen-bond acceptors (Lipinski definition) is 5. The van der Waals surface area contributed by atoms with Crippen molar-refractivity contribution < 1.29 is 19.0 Å². The topological polar surface area (TPSA) is 74.6 Å². The molecule has 1 aliphatic heterocycles. The Labute approximate surface area is 173 Å². The maximum atomic E-state index is 12.4. The summed E-state index contributed by atoms with van der Waals surface area (Å²) in [5.41, 5.74) is 3.13. The lowest BCUT2D eigenvalue weighted by atomic mass is 10.1. The van der Waals surface area contributed by atoms with E-state index in [1.165, 1.54) is 0 Å². The smallest absolute Gasteiger partial charge is 0.272 e. The van der Waals surface area contributed by atoms with E-state index >= 15 is 0 Å². The van der Waals surface area contributed by atoms with E-state index in [4.69, 9.17) is 25.8 Å². The quantitative estimate of drug-likeness (QED) is 0.664. The predicted octanol–water partition coefficient (Wildman–Crippen LogP) is 3.85. The van der Waals surface area contributed by atoms with E-state index in [2.05, 4.69) is 10.4 Å². The highest BCUT2D eigenvalue weighted by Crippen LogP contribution is 2.32. The molecule has 0 saturated carbocycles. The standard InChI is InChI=1S/C21H20ClN3O4/c1-13-7-16(8-14(2)20(13)22)27-11-25-6-5-17(24-25)21(26)23-10-15-3-4-18-19(9-15)29-12-28-18/h3-9H,10-12H2,1-2H3,(H,23,26). The molecule has 1 amide bonds. The van der Waals surface area contributed by atoms with E-state index in [0.717, 1.165) is 21.7 Å². The number of benzene rings is 2. The lowest BCUT2D eigenvalue weighted by Gasteiger charge is -2.10. The van der Waals surface area contributed by atoms with Crippen LogP contribution in [0.5, 0.6) is 17.2 Å². The van der Waals surface area contributed by atoms with Crippen LogP contribution in [0.25, 0.3) is 0 Å². The molecule has 0 saturated heterocycles. The molecule has 150 valence electrons. The molecule has 0 radical (unpaired) electrons. The third-order valence-corrected chi connectivity index (χ3v) is 5.13. The summed E-state index contributed by atoms with van der Waals surface area (Å²) in [5, 5.41) is 7.85. The Hall–Kier alpha value is -3.19. The van der Waals surface area contributed by atoms with Gasteiger partial charge in [0, 0.05) is 17.8 Å². The van der Waals surface area contributed by atoms with Crippen LogP contribution in [-0.4, -0.2) is 22.5 Å². The van der Waals surface area contributed by atoms with Crippen molar-refractivity contribution >= 4 is 17.5 Å². The first kappa shape index (κ1) is 19.1.